The lowest BCUT2D eigenvalue weighted by molar-refractivity contribution is -0.136. The number of rotatable bonds is 6. The highest BCUT2D eigenvalue weighted by atomic mass is 35.5. The van der Waals surface area contributed by atoms with Gasteiger partial charge in [0.1, 0.15) is 18.4 Å². The van der Waals surface area contributed by atoms with Crippen LogP contribution in [0.5, 0.6) is 5.75 Å². The molecule has 3 amide bonds. The van der Waals surface area contributed by atoms with Gasteiger partial charge in [0.05, 0.1) is 19.8 Å². The number of morpholine rings is 1. The molecule has 2 aromatic rings. The maximum atomic E-state index is 12.9. The second-order valence-electron chi connectivity index (χ2n) is 8.68. The van der Waals surface area contributed by atoms with Gasteiger partial charge in [0.15, 0.2) is 0 Å². The first kappa shape index (κ1) is 27.6. The van der Waals surface area contributed by atoms with E-state index in [-0.39, 0.29) is 30.6 Å². The topological polar surface area (TPSA) is 108 Å². The van der Waals surface area contributed by atoms with Crippen molar-refractivity contribution in [2.75, 3.05) is 33.4 Å². The van der Waals surface area contributed by atoms with E-state index in [1.165, 1.54) is 5.56 Å². The van der Waals surface area contributed by atoms with Gasteiger partial charge in [-0.15, -0.1) is 12.4 Å². The Kier molecular flexibility index (Phi) is 9.83. The lowest BCUT2D eigenvalue weighted by Gasteiger charge is -2.29. The number of nitrogens with zero attached hydrogens (tertiary/aromatic N) is 2. The van der Waals surface area contributed by atoms with Gasteiger partial charge in [0, 0.05) is 44.3 Å². The molecular formula is C26H32ClN3O6. The Balaban J connectivity index is 0.00000117. The number of ether oxygens (including phenoxy) is 2. The minimum Gasteiger partial charge on any atom is -0.489 e. The molecule has 2 saturated heterocycles. The van der Waals surface area contributed by atoms with E-state index >= 15 is 0 Å². The molecule has 5 rings (SSSR count). The van der Waals surface area contributed by atoms with Crippen LogP contribution in [0.4, 0.5) is 0 Å². The minimum atomic E-state index is -0.630. The van der Waals surface area contributed by atoms with Crippen molar-refractivity contribution < 1.29 is 29.0 Å². The van der Waals surface area contributed by atoms with Crippen LogP contribution in [0.25, 0.3) is 0 Å². The number of imide groups is 1. The summed E-state index contributed by atoms with van der Waals surface area (Å²) in [5.41, 5.74) is 3.64. The summed E-state index contributed by atoms with van der Waals surface area (Å²) in [6.45, 7) is 5.09. The largest absolute Gasteiger partial charge is 0.489 e. The maximum absolute atomic E-state index is 12.9. The van der Waals surface area contributed by atoms with Crippen molar-refractivity contribution in [1.29, 1.82) is 0 Å². The number of aliphatic hydroxyl groups is 1. The molecule has 3 aliphatic rings. The molecule has 0 unspecified atom stereocenters. The van der Waals surface area contributed by atoms with Gasteiger partial charge in [0.2, 0.25) is 11.8 Å². The van der Waals surface area contributed by atoms with Gasteiger partial charge in [0.25, 0.3) is 5.91 Å². The highest BCUT2D eigenvalue weighted by Crippen LogP contribution is 2.34. The van der Waals surface area contributed by atoms with Crippen molar-refractivity contribution in [2.45, 2.75) is 38.6 Å². The van der Waals surface area contributed by atoms with E-state index in [9.17, 15) is 14.4 Å². The van der Waals surface area contributed by atoms with E-state index in [4.69, 9.17) is 14.6 Å². The van der Waals surface area contributed by atoms with Crippen LogP contribution in [0.1, 0.15) is 39.9 Å². The highest BCUT2D eigenvalue weighted by Gasteiger charge is 2.40. The lowest BCUT2D eigenvalue weighted by Crippen LogP contribution is -2.52. The number of halogens is 1. The average molecular weight is 518 g/mol. The summed E-state index contributed by atoms with van der Waals surface area (Å²) in [4.78, 5) is 40.6. The van der Waals surface area contributed by atoms with E-state index in [2.05, 4.69) is 34.5 Å². The molecule has 0 spiro atoms. The Morgan fingerprint density at radius 2 is 1.72 bits per heavy atom. The summed E-state index contributed by atoms with van der Waals surface area (Å²) in [5, 5.41) is 9.33. The highest BCUT2D eigenvalue weighted by molar-refractivity contribution is 6.05. The predicted molar refractivity (Wildman–Crippen MR) is 135 cm³/mol. The summed E-state index contributed by atoms with van der Waals surface area (Å²) >= 11 is 0. The molecule has 3 aliphatic heterocycles. The van der Waals surface area contributed by atoms with E-state index in [0.29, 0.717) is 30.9 Å². The molecule has 0 saturated carbocycles. The lowest BCUT2D eigenvalue weighted by atomic mass is 10.0. The monoisotopic (exact) mass is 517 g/mol. The molecule has 0 radical (unpaired) electrons. The number of benzene rings is 2. The Bertz CT molecular complexity index is 1070. The smallest absolute Gasteiger partial charge is 0.255 e. The van der Waals surface area contributed by atoms with Crippen LogP contribution in [0.2, 0.25) is 0 Å². The van der Waals surface area contributed by atoms with E-state index in [0.717, 1.165) is 51.1 Å². The number of fused-ring (bicyclic) bond motifs is 1. The number of carbonyl (C=O) groups excluding carboxylic acids is 3. The van der Waals surface area contributed by atoms with Gasteiger partial charge >= 0.3 is 0 Å². The first-order valence-corrected chi connectivity index (χ1v) is 11.8. The van der Waals surface area contributed by atoms with Crippen molar-refractivity contribution in [3.8, 4) is 5.75 Å². The van der Waals surface area contributed by atoms with Crippen LogP contribution in [-0.2, 0) is 34.0 Å². The normalized spacial score (nSPS) is 19.6. The molecule has 2 N–H and O–H groups in total. The number of piperidine rings is 1. The minimum absolute atomic E-state index is 0. The fourth-order valence-electron chi connectivity index (χ4n) is 4.61. The number of amides is 3. The molecule has 0 aliphatic carbocycles. The number of hydrogen-bond acceptors (Lipinski definition) is 7. The van der Waals surface area contributed by atoms with Gasteiger partial charge < -0.3 is 19.5 Å². The van der Waals surface area contributed by atoms with Crippen molar-refractivity contribution in [2.24, 2.45) is 0 Å². The fraction of sp³-hybridized carbons (Fsp3) is 0.423. The standard InChI is InChI=1S/C25H27N3O5.CH4O.ClH/c29-23-9-8-21(24(30)26-23)28-15-20-19(25(28)31)2-1-3-22(20)33-16-18-6-4-17(5-7-18)14-27-10-12-32-13-11-27;1-2;/h1-7,21H,8-16H2,(H,26,29,30);2H,1H3;1H/t21-;;/m0../s1. The second-order valence-corrected chi connectivity index (χ2v) is 8.68. The first-order valence-electron chi connectivity index (χ1n) is 11.8. The van der Waals surface area contributed by atoms with Crippen LogP contribution in [0.15, 0.2) is 42.5 Å². The van der Waals surface area contributed by atoms with Gasteiger partial charge in [-0.2, -0.15) is 0 Å². The van der Waals surface area contributed by atoms with Crippen molar-refractivity contribution in [3.05, 3.63) is 64.7 Å². The Morgan fingerprint density at radius 1 is 1.03 bits per heavy atom. The van der Waals surface area contributed by atoms with Crippen LogP contribution < -0.4 is 10.1 Å². The van der Waals surface area contributed by atoms with Crippen LogP contribution in [-0.4, -0.2) is 72.1 Å². The summed E-state index contributed by atoms with van der Waals surface area (Å²) in [7, 11) is 1.00. The molecule has 10 heteroatoms. The zero-order valence-electron chi connectivity index (χ0n) is 20.3. The fourth-order valence-corrected chi connectivity index (χ4v) is 4.61. The van der Waals surface area contributed by atoms with Gasteiger partial charge in [-0.05, 0) is 29.7 Å². The molecule has 0 aromatic heterocycles. The van der Waals surface area contributed by atoms with E-state index < -0.39 is 11.9 Å². The van der Waals surface area contributed by atoms with Crippen molar-refractivity contribution in [3.63, 3.8) is 0 Å². The zero-order chi connectivity index (χ0) is 24.8. The second kappa shape index (κ2) is 12.8. The molecule has 2 fully saturated rings. The predicted octanol–water partition coefficient (Wildman–Crippen LogP) is 1.89. The Morgan fingerprint density at radius 3 is 2.42 bits per heavy atom. The summed E-state index contributed by atoms with van der Waals surface area (Å²) < 4.78 is 11.5. The molecular weight excluding hydrogens is 486 g/mol. The first-order chi connectivity index (χ1) is 17.1. The third-order valence-corrected chi connectivity index (χ3v) is 6.47. The number of hydrogen-bond donors (Lipinski definition) is 2. The summed E-state index contributed by atoms with van der Waals surface area (Å²) in [6, 6.07) is 13.2. The Hall–Kier alpha value is -2.98. The molecule has 3 heterocycles. The third kappa shape index (κ3) is 6.22. The molecule has 1 atom stereocenters. The Labute approximate surface area is 216 Å². The van der Waals surface area contributed by atoms with Crippen LogP contribution in [0, 0.1) is 0 Å². The molecule has 2 aromatic carbocycles. The van der Waals surface area contributed by atoms with Gasteiger partial charge in [-0.1, -0.05) is 30.3 Å². The van der Waals surface area contributed by atoms with Crippen molar-refractivity contribution >= 4 is 30.1 Å². The molecule has 0 bridgehead atoms. The van der Waals surface area contributed by atoms with Gasteiger partial charge in [-0.25, -0.2) is 0 Å². The number of nitrogens with one attached hydrogen (secondary N) is 1. The molecule has 194 valence electrons. The summed E-state index contributed by atoms with van der Waals surface area (Å²) in [6.07, 6.45) is 0.582. The van der Waals surface area contributed by atoms with E-state index in [1.807, 2.05) is 6.07 Å². The van der Waals surface area contributed by atoms with E-state index in [1.54, 1.807) is 17.0 Å². The maximum Gasteiger partial charge on any atom is 0.255 e. The number of carbonyl (C=O) groups is 3. The van der Waals surface area contributed by atoms with Crippen LogP contribution >= 0.6 is 12.4 Å². The SMILES string of the molecule is CO.Cl.O=C1CC[C@H](N2Cc3c(OCc4ccc(CN5CCOCC5)cc4)cccc3C2=O)C(=O)N1. The quantitative estimate of drug-likeness (QED) is 0.563. The van der Waals surface area contributed by atoms with Crippen molar-refractivity contribution in [1.82, 2.24) is 15.1 Å². The summed E-state index contributed by atoms with van der Waals surface area (Å²) in [5.74, 6) is -0.252. The molecule has 36 heavy (non-hydrogen) atoms. The molecule has 9 nitrogen and oxygen atoms in total. The third-order valence-electron chi connectivity index (χ3n) is 6.47. The zero-order valence-corrected chi connectivity index (χ0v) is 21.1. The average Bonchev–Trinajstić information content (AvgIpc) is 3.22. The van der Waals surface area contributed by atoms with Crippen LogP contribution in [0.3, 0.4) is 0 Å². The number of aliphatic hydroxyl groups excluding tert-OH is 1. The van der Waals surface area contributed by atoms with Gasteiger partial charge in [-0.3, -0.25) is 24.6 Å².